The molecule has 60 valence electrons. The van der Waals surface area contributed by atoms with Crippen molar-refractivity contribution < 1.29 is 0 Å². The zero-order valence-electron chi connectivity index (χ0n) is 6.30. The van der Waals surface area contributed by atoms with E-state index in [-0.39, 0.29) is 0 Å². The molecule has 0 N–H and O–H groups in total. The molecule has 0 unspecified atom stereocenters. The van der Waals surface area contributed by atoms with E-state index in [1.165, 1.54) is 5.56 Å². The predicted octanol–water partition coefficient (Wildman–Crippen LogP) is 3.91. The van der Waals surface area contributed by atoms with Crippen molar-refractivity contribution in [2.45, 2.75) is 16.6 Å². The second-order valence-electron chi connectivity index (χ2n) is 2.49. The maximum atomic E-state index is 3.60. The molecule has 11 heavy (non-hydrogen) atoms. The van der Waals surface area contributed by atoms with E-state index in [1.807, 2.05) is 6.07 Å². The number of benzene rings is 1. The van der Waals surface area contributed by atoms with E-state index < -0.39 is 0 Å². The summed E-state index contributed by atoms with van der Waals surface area (Å²) in [5, 5.41) is 0. The van der Waals surface area contributed by atoms with Gasteiger partial charge in [0, 0.05) is 4.83 Å². The molecule has 0 spiro atoms. The first-order chi connectivity index (χ1) is 5.22. The fraction of sp³-hybridized carbons (Fsp3) is 0.333. The van der Waals surface area contributed by atoms with Crippen LogP contribution in [0.2, 0.25) is 0 Å². The van der Waals surface area contributed by atoms with Gasteiger partial charge in [-0.25, -0.2) is 0 Å². The number of hydrogen-bond donors (Lipinski definition) is 0. The standard InChI is InChI=1S/C9H10Br2/c1-7(10)9(11)8-5-3-2-4-6-8/h2-7,9H,1H3/t7-,9-/m1/s1. The average molecular weight is 278 g/mol. The van der Waals surface area contributed by atoms with E-state index in [1.54, 1.807) is 0 Å². The minimum Gasteiger partial charge on any atom is -0.0878 e. The normalized spacial score (nSPS) is 15.9. The smallest absolute Gasteiger partial charge is 0.0517 e. The molecule has 0 heterocycles. The Morgan fingerprint density at radius 1 is 1.09 bits per heavy atom. The van der Waals surface area contributed by atoms with Gasteiger partial charge >= 0.3 is 0 Å². The number of halogens is 2. The molecule has 0 nitrogen and oxygen atoms in total. The van der Waals surface area contributed by atoms with Crippen LogP contribution in [-0.4, -0.2) is 4.83 Å². The lowest BCUT2D eigenvalue weighted by Gasteiger charge is -2.11. The molecule has 1 aromatic rings. The molecule has 0 saturated heterocycles. The van der Waals surface area contributed by atoms with Gasteiger partial charge in [-0.3, -0.25) is 0 Å². The number of hydrogen-bond acceptors (Lipinski definition) is 0. The van der Waals surface area contributed by atoms with E-state index in [0.717, 1.165) is 0 Å². The highest BCUT2D eigenvalue weighted by Gasteiger charge is 2.11. The summed E-state index contributed by atoms with van der Waals surface area (Å²) in [6, 6.07) is 10.4. The van der Waals surface area contributed by atoms with Gasteiger partial charge in [-0.1, -0.05) is 69.1 Å². The molecule has 0 aliphatic rings. The summed E-state index contributed by atoms with van der Waals surface area (Å²) in [7, 11) is 0. The van der Waals surface area contributed by atoms with Gasteiger partial charge in [0.1, 0.15) is 0 Å². The molecule has 1 aromatic carbocycles. The van der Waals surface area contributed by atoms with Crippen LogP contribution in [0.15, 0.2) is 30.3 Å². The van der Waals surface area contributed by atoms with Crippen LogP contribution in [0.4, 0.5) is 0 Å². The van der Waals surface area contributed by atoms with Gasteiger partial charge < -0.3 is 0 Å². The second kappa shape index (κ2) is 4.27. The first-order valence-corrected chi connectivity index (χ1v) is 5.38. The van der Waals surface area contributed by atoms with Gasteiger partial charge in [0.2, 0.25) is 0 Å². The molecule has 1 rings (SSSR count). The topological polar surface area (TPSA) is 0 Å². The van der Waals surface area contributed by atoms with Crippen LogP contribution < -0.4 is 0 Å². The van der Waals surface area contributed by atoms with E-state index in [4.69, 9.17) is 0 Å². The molecule has 0 radical (unpaired) electrons. The Labute approximate surface area is 84.3 Å². The number of alkyl halides is 2. The van der Waals surface area contributed by atoms with Crippen LogP contribution in [0.25, 0.3) is 0 Å². The van der Waals surface area contributed by atoms with Crippen molar-refractivity contribution in [3.8, 4) is 0 Å². The summed E-state index contributed by atoms with van der Waals surface area (Å²) in [4.78, 5) is 0.869. The third-order valence-corrected chi connectivity index (χ3v) is 4.08. The molecule has 0 fully saturated rings. The molecule has 0 aliphatic heterocycles. The highest BCUT2D eigenvalue weighted by Crippen LogP contribution is 2.30. The van der Waals surface area contributed by atoms with E-state index in [9.17, 15) is 0 Å². The van der Waals surface area contributed by atoms with Gasteiger partial charge in [-0.2, -0.15) is 0 Å². The molecule has 0 aliphatic carbocycles. The third-order valence-electron chi connectivity index (χ3n) is 1.52. The van der Waals surface area contributed by atoms with Crippen LogP contribution in [0.3, 0.4) is 0 Å². The average Bonchev–Trinajstić information content (AvgIpc) is 2.05. The van der Waals surface area contributed by atoms with Crippen molar-refractivity contribution in [2.24, 2.45) is 0 Å². The van der Waals surface area contributed by atoms with Crippen LogP contribution in [0.5, 0.6) is 0 Å². The van der Waals surface area contributed by atoms with Crippen LogP contribution in [-0.2, 0) is 0 Å². The summed E-state index contributed by atoms with van der Waals surface area (Å²) in [5.74, 6) is 0. The molecule has 0 bridgehead atoms. The summed E-state index contributed by atoms with van der Waals surface area (Å²) in [6.07, 6.45) is 0. The Morgan fingerprint density at radius 2 is 1.64 bits per heavy atom. The minimum absolute atomic E-state index is 0.406. The van der Waals surface area contributed by atoms with Crippen molar-refractivity contribution in [2.75, 3.05) is 0 Å². The predicted molar refractivity (Wildman–Crippen MR) is 56.5 cm³/mol. The van der Waals surface area contributed by atoms with Gasteiger partial charge in [0.05, 0.1) is 4.83 Å². The van der Waals surface area contributed by atoms with Crippen molar-refractivity contribution >= 4 is 31.9 Å². The molecule has 0 amide bonds. The van der Waals surface area contributed by atoms with E-state index in [2.05, 4.69) is 63.0 Å². The van der Waals surface area contributed by atoms with Crippen molar-refractivity contribution in [1.29, 1.82) is 0 Å². The van der Waals surface area contributed by atoms with Gasteiger partial charge in [-0.05, 0) is 5.56 Å². The second-order valence-corrected chi connectivity index (χ2v) is 4.92. The van der Waals surface area contributed by atoms with Crippen molar-refractivity contribution in [3.05, 3.63) is 35.9 Å². The molecule has 0 saturated carbocycles. The quantitative estimate of drug-likeness (QED) is 0.719. The maximum absolute atomic E-state index is 3.60. The fourth-order valence-electron chi connectivity index (χ4n) is 0.902. The summed E-state index contributed by atoms with van der Waals surface area (Å²) in [6.45, 7) is 2.13. The fourth-order valence-corrected chi connectivity index (χ4v) is 1.51. The Hall–Kier alpha value is 0.180. The Morgan fingerprint density at radius 3 is 2.09 bits per heavy atom. The Bertz CT molecular complexity index is 206. The lowest BCUT2D eigenvalue weighted by Crippen LogP contribution is -2.00. The zero-order valence-corrected chi connectivity index (χ0v) is 9.47. The van der Waals surface area contributed by atoms with Crippen LogP contribution in [0.1, 0.15) is 17.3 Å². The Balaban J connectivity index is 2.77. The summed E-state index contributed by atoms with van der Waals surface area (Å²) in [5.41, 5.74) is 1.32. The van der Waals surface area contributed by atoms with Crippen LogP contribution in [0, 0.1) is 0 Å². The van der Waals surface area contributed by atoms with E-state index >= 15 is 0 Å². The number of rotatable bonds is 2. The molecule has 2 heteroatoms. The SMILES string of the molecule is C[C@@H](Br)[C@@H](Br)c1ccccc1. The first-order valence-electron chi connectivity index (χ1n) is 3.55. The van der Waals surface area contributed by atoms with Crippen molar-refractivity contribution in [3.63, 3.8) is 0 Å². The third kappa shape index (κ3) is 2.60. The molecule has 0 aromatic heterocycles. The van der Waals surface area contributed by atoms with Crippen molar-refractivity contribution in [1.82, 2.24) is 0 Å². The minimum atomic E-state index is 0.406. The largest absolute Gasteiger partial charge is 0.0878 e. The first kappa shape index (κ1) is 9.27. The maximum Gasteiger partial charge on any atom is 0.0517 e. The van der Waals surface area contributed by atoms with Gasteiger partial charge in [0.15, 0.2) is 0 Å². The Kier molecular flexibility index (Phi) is 3.60. The summed E-state index contributed by atoms with van der Waals surface area (Å²) >= 11 is 7.13. The summed E-state index contributed by atoms with van der Waals surface area (Å²) < 4.78 is 0. The van der Waals surface area contributed by atoms with E-state index in [0.29, 0.717) is 9.65 Å². The molecule has 2 atom stereocenters. The van der Waals surface area contributed by atoms with Gasteiger partial charge in [-0.15, -0.1) is 0 Å². The molecular formula is C9H10Br2. The zero-order chi connectivity index (χ0) is 8.27. The monoisotopic (exact) mass is 276 g/mol. The highest BCUT2D eigenvalue weighted by molar-refractivity contribution is 9.12. The highest BCUT2D eigenvalue weighted by atomic mass is 79.9. The van der Waals surface area contributed by atoms with Crippen LogP contribution >= 0.6 is 31.9 Å². The van der Waals surface area contributed by atoms with Gasteiger partial charge in [0.25, 0.3) is 0 Å². The molecular weight excluding hydrogens is 268 g/mol. The lowest BCUT2D eigenvalue weighted by atomic mass is 10.1. The lowest BCUT2D eigenvalue weighted by molar-refractivity contribution is 0.949.